The highest BCUT2D eigenvalue weighted by atomic mass is 35.5. The van der Waals surface area contributed by atoms with Crippen molar-refractivity contribution in [3.8, 4) is 11.4 Å². The van der Waals surface area contributed by atoms with Gasteiger partial charge in [-0.15, -0.1) is 0 Å². The minimum atomic E-state index is -0.121. The van der Waals surface area contributed by atoms with E-state index in [-0.39, 0.29) is 23.6 Å². The SMILES string of the molecule is CCO[C@H]1CC2C=CC=CC2C1Nc1c(CC)nc(-c2ccc(C=O)cc2Cl)n(CC)c1=O. The number of hydrogen-bond donors (Lipinski definition) is 1. The quantitative estimate of drug-likeness (QED) is 0.558. The number of benzene rings is 1. The first-order valence-electron chi connectivity index (χ1n) is 11.6. The van der Waals surface area contributed by atoms with E-state index in [1.54, 1.807) is 22.8 Å². The van der Waals surface area contributed by atoms with Crippen molar-refractivity contribution in [3.63, 3.8) is 0 Å². The Balaban J connectivity index is 1.78. The molecular formula is C26H30ClN3O3. The van der Waals surface area contributed by atoms with Crippen LogP contribution in [0.25, 0.3) is 11.4 Å². The van der Waals surface area contributed by atoms with E-state index in [9.17, 15) is 9.59 Å². The molecule has 174 valence electrons. The number of hydrogen-bond acceptors (Lipinski definition) is 5. The highest BCUT2D eigenvalue weighted by molar-refractivity contribution is 6.33. The number of carbonyl (C=O) groups excluding carboxylic acids is 1. The molecule has 0 aliphatic heterocycles. The fraction of sp³-hybridized carbons (Fsp3) is 0.423. The minimum absolute atomic E-state index is 0.0115. The number of aryl methyl sites for hydroxylation is 1. The van der Waals surface area contributed by atoms with Gasteiger partial charge >= 0.3 is 0 Å². The van der Waals surface area contributed by atoms with Crippen molar-refractivity contribution in [3.05, 3.63) is 69.1 Å². The van der Waals surface area contributed by atoms with E-state index in [0.29, 0.717) is 58.8 Å². The molecule has 2 aliphatic carbocycles. The highest BCUT2D eigenvalue weighted by Gasteiger charge is 2.42. The van der Waals surface area contributed by atoms with Gasteiger partial charge in [-0.05, 0) is 44.7 Å². The summed E-state index contributed by atoms with van der Waals surface area (Å²) < 4.78 is 7.72. The zero-order chi connectivity index (χ0) is 23.5. The normalized spacial score (nSPS) is 23.5. The molecule has 6 nitrogen and oxygen atoms in total. The molecule has 4 atom stereocenters. The van der Waals surface area contributed by atoms with Crippen molar-refractivity contribution >= 4 is 23.6 Å². The smallest absolute Gasteiger partial charge is 0.277 e. The van der Waals surface area contributed by atoms with Crippen molar-refractivity contribution in [2.24, 2.45) is 11.8 Å². The van der Waals surface area contributed by atoms with E-state index in [2.05, 4.69) is 29.6 Å². The van der Waals surface area contributed by atoms with Gasteiger partial charge in [0.15, 0.2) is 0 Å². The molecule has 2 aromatic rings. The standard InChI is InChI=1S/C26H30ClN3O3/c1-4-21-24(29-23-18-10-8-7-9-17(18)14-22(23)33-6-3)26(32)30(5-2)25(28-21)19-12-11-16(15-31)13-20(19)27/h7-13,15,17-18,22-23,29H,4-6,14H2,1-3H3/t17?,18?,22-,23?/m0/s1. The van der Waals surface area contributed by atoms with Gasteiger partial charge in [0.2, 0.25) is 0 Å². The predicted octanol–water partition coefficient (Wildman–Crippen LogP) is 4.91. The van der Waals surface area contributed by atoms with Crippen molar-refractivity contribution in [2.45, 2.75) is 52.3 Å². The number of rotatable bonds is 8. The molecule has 1 aromatic carbocycles. The number of halogens is 1. The number of carbonyl (C=O) groups is 1. The van der Waals surface area contributed by atoms with Crippen molar-refractivity contribution in [2.75, 3.05) is 11.9 Å². The van der Waals surface area contributed by atoms with Crippen LogP contribution in [0.3, 0.4) is 0 Å². The third-order valence-electron chi connectivity index (χ3n) is 6.57. The maximum atomic E-state index is 13.7. The molecule has 33 heavy (non-hydrogen) atoms. The van der Waals surface area contributed by atoms with Gasteiger partial charge in [0.25, 0.3) is 5.56 Å². The molecule has 1 heterocycles. The Labute approximate surface area is 199 Å². The number of aldehydes is 1. The predicted molar refractivity (Wildman–Crippen MR) is 132 cm³/mol. The van der Waals surface area contributed by atoms with E-state index in [1.807, 2.05) is 20.8 Å². The van der Waals surface area contributed by atoms with Gasteiger partial charge in [-0.3, -0.25) is 14.2 Å². The maximum Gasteiger partial charge on any atom is 0.277 e. The molecule has 3 unspecified atom stereocenters. The van der Waals surface area contributed by atoms with E-state index < -0.39 is 0 Å². The number of allylic oxidation sites excluding steroid dienone is 3. The Morgan fingerprint density at radius 1 is 1.24 bits per heavy atom. The van der Waals surface area contributed by atoms with E-state index in [0.717, 1.165) is 12.7 Å². The summed E-state index contributed by atoms with van der Waals surface area (Å²) in [5.74, 6) is 1.17. The Morgan fingerprint density at radius 2 is 2.03 bits per heavy atom. The van der Waals surface area contributed by atoms with Crippen LogP contribution in [0.2, 0.25) is 5.02 Å². The van der Waals surface area contributed by atoms with E-state index in [4.69, 9.17) is 21.3 Å². The van der Waals surface area contributed by atoms with Gasteiger partial charge in [0.1, 0.15) is 17.8 Å². The first kappa shape index (κ1) is 23.5. The lowest BCUT2D eigenvalue weighted by molar-refractivity contribution is 0.0583. The van der Waals surface area contributed by atoms with Crippen molar-refractivity contribution in [1.82, 2.24) is 9.55 Å². The van der Waals surface area contributed by atoms with Crippen molar-refractivity contribution in [1.29, 1.82) is 0 Å². The number of fused-ring (bicyclic) bond motifs is 1. The van der Waals surface area contributed by atoms with Crippen LogP contribution in [0, 0.1) is 11.8 Å². The number of ether oxygens (including phenoxy) is 1. The maximum absolute atomic E-state index is 13.7. The average molecular weight is 468 g/mol. The first-order chi connectivity index (χ1) is 16.0. The van der Waals surface area contributed by atoms with Gasteiger partial charge < -0.3 is 10.1 Å². The summed E-state index contributed by atoms with van der Waals surface area (Å²) in [6, 6.07) is 5.02. The van der Waals surface area contributed by atoms with Gasteiger partial charge in [-0.25, -0.2) is 4.98 Å². The molecule has 2 aliphatic rings. The Morgan fingerprint density at radius 3 is 2.70 bits per heavy atom. The number of nitrogens with zero attached hydrogens (tertiary/aromatic N) is 2. The van der Waals surface area contributed by atoms with Crippen LogP contribution in [0.4, 0.5) is 5.69 Å². The van der Waals surface area contributed by atoms with Gasteiger partial charge in [0, 0.05) is 30.2 Å². The molecule has 0 amide bonds. The van der Waals surface area contributed by atoms with E-state index in [1.165, 1.54) is 0 Å². The summed E-state index contributed by atoms with van der Waals surface area (Å²) in [6.45, 7) is 6.98. The van der Waals surface area contributed by atoms with Crippen LogP contribution in [0.1, 0.15) is 43.2 Å². The second-order valence-electron chi connectivity index (χ2n) is 8.43. The molecule has 1 fully saturated rings. The molecule has 0 saturated heterocycles. The highest BCUT2D eigenvalue weighted by Crippen LogP contribution is 2.39. The first-order valence-corrected chi connectivity index (χ1v) is 12.0. The van der Waals surface area contributed by atoms with Crippen LogP contribution in [-0.4, -0.2) is 34.6 Å². The summed E-state index contributed by atoms with van der Waals surface area (Å²) in [7, 11) is 0. The van der Waals surface area contributed by atoms with E-state index >= 15 is 0 Å². The summed E-state index contributed by atoms with van der Waals surface area (Å²) in [6.07, 6.45) is 10.9. The Bertz CT molecular complexity index is 1150. The number of nitrogens with one attached hydrogen (secondary N) is 1. The van der Waals surface area contributed by atoms with Gasteiger partial charge in [-0.1, -0.05) is 48.9 Å². The molecular weight excluding hydrogens is 438 g/mol. The fourth-order valence-corrected chi connectivity index (χ4v) is 5.25. The lowest BCUT2D eigenvalue weighted by atomic mass is 9.89. The van der Waals surface area contributed by atoms with Gasteiger partial charge in [-0.2, -0.15) is 0 Å². The third kappa shape index (κ3) is 4.42. The molecule has 1 N–H and O–H groups in total. The summed E-state index contributed by atoms with van der Waals surface area (Å²) in [5, 5.41) is 3.96. The summed E-state index contributed by atoms with van der Waals surface area (Å²) in [5.41, 5.74) is 2.22. The monoisotopic (exact) mass is 467 g/mol. The average Bonchev–Trinajstić information content (AvgIpc) is 3.17. The van der Waals surface area contributed by atoms with Crippen LogP contribution >= 0.6 is 11.6 Å². The molecule has 0 radical (unpaired) electrons. The number of anilines is 1. The Hall–Kier alpha value is -2.70. The zero-order valence-corrected chi connectivity index (χ0v) is 20.0. The molecule has 1 aromatic heterocycles. The Kier molecular flexibility index (Phi) is 7.15. The van der Waals surface area contributed by atoms with Crippen LogP contribution in [0.5, 0.6) is 0 Å². The fourth-order valence-electron chi connectivity index (χ4n) is 4.98. The van der Waals surface area contributed by atoms with Gasteiger partial charge in [0.05, 0.1) is 22.9 Å². The van der Waals surface area contributed by atoms with Crippen LogP contribution in [-0.2, 0) is 17.7 Å². The number of aromatic nitrogens is 2. The lowest BCUT2D eigenvalue weighted by Crippen LogP contribution is -2.39. The molecule has 7 heteroatoms. The van der Waals surface area contributed by atoms with Crippen LogP contribution in [0.15, 0.2) is 47.3 Å². The largest absolute Gasteiger partial charge is 0.376 e. The second-order valence-corrected chi connectivity index (χ2v) is 8.84. The zero-order valence-electron chi connectivity index (χ0n) is 19.3. The lowest BCUT2D eigenvalue weighted by Gasteiger charge is -2.28. The molecule has 0 bridgehead atoms. The minimum Gasteiger partial charge on any atom is -0.376 e. The molecule has 4 rings (SSSR count). The topological polar surface area (TPSA) is 73.2 Å². The third-order valence-corrected chi connectivity index (χ3v) is 6.89. The van der Waals surface area contributed by atoms with Crippen LogP contribution < -0.4 is 10.9 Å². The second kappa shape index (κ2) is 10.1. The summed E-state index contributed by atoms with van der Waals surface area (Å²) >= 11 is 6.47. The van der Waals surface area contributed by atoms with Crippen molar-refractivity contribution < 1.29 is 9.53 Å². The summed E-state index contributed by atoms with van der Waals surface area (Å²) in [4.78, 5) is 29.7. The molecule has 0 spiro atoms. The molecule has 1 saturated carbocycles.